The Labute approximate surface area is 134 Å². The van der Waals surface area contributed by atoms with Crippen molar-refractivity contribution in [2.24, 2.45) is 5.41 Å². The van der Waals surface area contributed by atoms with Crippen LogP contribution in [0.3, 0.4) is 0 Å². The van der Waals surface area contributed by atoms with Gasteiger partial charge in [0.05, 0.1) is 6.10 Å². The number of aromatic nitrogens is 4. The van der Waals surface area contributed by atoms with Crippen molar-refractivity contribution >= 4 is 11.7 Å². The van der Waals surface area contributed by atoms with Gasteiger partial charge in [-0.3, -0.25) is 4.79 Å². The molecule has 2 fully saturated rings. The molecule has 4 rings (SSSR count). The summed E-state index contributed by atoms with van der Waals surface area (Å²) in [5, 5.41) is 7.38. The van der Waals surface area contributed by atoms with Gasteiger partial charge in [0.15, 0.2) is 0 Å². The molecule has 1 N–H and O–H groups in total. The highest BCUT2D eigenvalue weighted by Crippen LogP contribution is 2.57. The first-order valence-corrected chi connectivity index (χ1v) is 8.25. The zero-order valence-corrected chi connectivity index (χ0v) is 13.5. The van der Waals surface area contributed by atoms with E-state index in [0.717, 1.165) is 31.6 Å². The van der Waals surface area contributed by atoms with Gasteiger partial charge in [-0.05, 0) is 39.2 Å². The molecule has 0 bridgehead atoms. The van der Waals surface area contributed by atoms with Gasteiger partial charge in [-0.25, -0.2) is 9.50 Å². The number of nitrogens with one attached hydrogen (secondary N) is 1. The number of nitrogens with zero attached hydrogens (tertiary/aromatic N) is 4. The second-order valence-corrected chi connectivity index (χ2v) is 6.53. The molecule has 2 aliphatic carbocycles. The molecule has 0 unspecified atom stereocenters. The van der Waals surface area contributed by atoms with Crippen LogP contribution in [0.2, 0.25) is 0 Å². The largest absolute Gasteiger partial charge is 0.378 e. The molecule has 2 heterocycles. The summed E-state index contributed by atoms with van der Waals surface area (Å²) in [6, 6.07) is 2.01. The normalized spacial score (nSPS) is 25.1. The Bertz CT molecular complexity index is 752. The smallest absolute Gasteiger partial charge is 0.291 e. The predicted molar refractivity (Wildman–Crippen MR) is 83.1 cm³/mol. The van der Waals surface area contributed by atoms with Gasteiger partial charge in [0.1, 0.15) is 0 Å². The van der Waals surface area contributed by atoms with Gasteiger partial charge in [0.2, 0.25) is 5.82 Å². The molecule has 1 spiro atoms. The van der Waals surface area contributed by atoms with Gasteiger partial charge in [-0.2, -0.15) is 4.98 Å². The van der Waals surface area contributed by atoms with Crippen LogP contribution in [-0.2, 0) is 4.74 Å². The minimum Gasteiger partial charge on any atom is -0.378 e. The van der Waals surface area contributed by atoms with Gasteiger partial charge in [0.25, 0.3) is 11.7 Å². The molecule has 122 valence electrons. The molecule has 2 atom stereocenters. The molecule has 0 aliphatic heterocycles. The minimum atomic E-state index is -0.221. The number of amides is 1. The van der Waals surface area contributed by atoms with E-state index in [1.54, 1.807) is 10.7 Å². The molecular formula is C16H21N5O2. The summed E-state index contributed by atoms with van der Waals surface area (Å²) in [6.07, 6.45) is 6.30. The number of carbonyl (C=O) groups is 1. The lowest BCUT2D eigenvalue weighted by atomic mass is 9.51. The van der Waals surface area contributed by atoms with E-state index in [9.17, 15) is 4.79 Å². The molecule has 2 saturated carbocycles. The number of hydrogen-bond acceptors (Lipinski definition) is 5. The molecular weight excluding hydrogens is 294 g/mol. The molecule has 1 amide bonds. The highest BCUT2D eigenvalue weighted by Gasteiger charge is 2.59. The first-order valence-electron chi connectivity index (χ1n) is 8.25. The molecule has 23 heavy (non-hydrogen) atoms. The number of aryl methyl sites for hydroxylation is 1. The highest BCUT2D eigenvalue weighted by atomic mass is 16.5. The van der Waals surface area contributed by atoms with Crippen LogP contribution in [0, 0.1) is 12.3 Å². The monoisotopic (exact) mass is 315 g/mol. The average molecular weight is 315 g/mol. The maximum absolute atomic E-state index is 12.5. The van der Waals surface area contributed by atoms with Gasteiger partial charge < -0.3 is 10.1 Å². The molecule has 0 aromatic carbocycles. The Hall–Kier alpha value is -2.02. The summed E-state index contributed by atoms with van der Waals surface area (Å²) in [6.45, 7) is 4.66. The molecule has 7 heteroatoms. The Morgan fingerprint density at radius 1 is 1.52 bits per heavy atom. The third-order valence-electron chi connectivity index (χ3n) is 5.38. The summed E-state index contributed by atoms with van der Waals surface area (Å²) in [5.41, 5.74) is 1.04. The first kappa shape index (κ1) is 14.6. The fourth-order valence-electron chi connectivity index (χ4n) is 3.87. The number of rotatable bonds is 4. The zero-order chi connectivity index (χ0) is 16.0. The van der Waals surface area contributed by atoms with E-state index in [0.29, 0.717) is 5.78 Å². The van der Waals surface area contributed by atoms with E-state index < -0.39 is 0 Å². The van der Waals surface area contributed by atoms with Crippen molar-refractivity contribution in [3.05, 3.63) is 23.8 Å². The molecule has 2 aromatic rings. The van der Waals surface area contributed by atoms with E-state index in [2.05, 4.69) is 20.4 Å². The van der Waals surface area contributed by atoms with Gasteiger partial charge in [-0.15, -0.1) is 5.10 Å². The predicted octanol–water partition coefficient (Wildman–Crippen LogP) is 1.51. The SMILES string of the molecule is CCO[C@H]1C[C@@H](NC(=O)c2nc3nccc(C)n3n2)C12CCC2. The van der Waals surface area contributed by atoms with Crippen molar-refractivity contribution < 1.29 is 9.53 Å². The quantitative estimate of drug-likeness (QED) is 0.925. The topological polar surface area (TPSA) is 81.4 Å². The van der Waals surface area contributed by atoms with E-state index in [1.165, 1.54) is 6.42 Å². The van der Waals surface area contributed by atoms with E-state index >= 15 is 0 Å². The Morgan fingerprint density at radius 3 is 3.00 bits per heavy atom. The standard InChI is InChI=1S/C16H21N5O2/c1-3-23-12-9-11(16(12)6-4-7-16)18-14(22)13-19-15-17-8-5-10(2)21(15)20-13/h5,8,11-12H,3-4,6-7,9H2,1-2H3,(H,18,22)/t11-,12+/m1/s1. The summed E-state index contributed by atoms with van der Waals surface area (Å²) in [5.74, 6) is 0.413. The van der Waals surface area contributed by atoms with Crippen LogP contribution in [0.5, 0.6) is 0 Å². The van der Waals surface area contributed by atoms with Crippen molar-refractivity contribution in [2.45, 2.75) is 51.7 Å². The van der Waals surface area contributed by atoms with Crippen LogP contribution >= 0.6 is 0 Å². The Morgan fingerprint density at radius 2 is 2.35 bits per heavy atom. The summed E-state index contributed by atoms with van der Waals surface area (Å²) in [4.78, 5) is 20.9. The maximum atomic E-state index is 12.5. The van der Waals surface area contributed by atoms with Crippen LogP contribution < -0.4 is 5.32 Å². The van der Waals surface area contributed by atoms with Crippen LogP contribution in [0.4, 0.5) is 0 Å². The van der Waals surface area contributed by atoms with Gasteiger partial charge in [0, 0.05) is 30.0 Å². The summed E-state index contributed by atoms with van der Waals surface area (Å²) >= 11 is 0. The lowest BCUT2D eigenvalue weighted by Crippen LogP contribution is -2.67. The van der Waals surface area contributed by atoms with Gasteiger partial charge in [-0.1, -0.05) is 6.42 Å². The van der Waals surface area contributed by atoms with Crippen LogP contribution in [0.1, 0.15) is 48.9 Å². The zero-order valence-electron chi connectivity index (χ0n) is 13.5. The van der Waals surface area contributed by atoms with Crippen molar-refractivity contribution in [3.63, 3.8) is 0 Å². The van der Waals surface area contributed by atoms with Gasteiger partial charge >= 0.3 is 0 Å². The Kier molecular flexibility index (Phi) is 3.33. The summed E-state index contributed by atoms with van der Waals surface area (Å²) in [7, 11) is 0. The molecule has 7 nitrogen and oxygen atoms in total. The fraction of sp³-hybridized carbons (Fsp3) is 0.625. The Balaban J connectivity index is 1.50. The number of hydrogen-bond donors (Lipinski definition) is 1. The van der Waals surface area contributed by atoms with Crippen molar-refractivity contribution in [3.8, 4) is 0 Å². The van der Waals surface area contributed by atoms with Crippen LogP contribution in [-0.4, -0.2) is 44.2 Å². The number of ether oxygens (including phenoxy) is 1. The van der Waals surface area contributed by atoms with E-state index in [-0.39, 0.29) is 29.3 Å². The lowest BCUT2D eigenvalue weighted by Gasteiger charge is -2.60. The van der Waals surface area contributed by atoms with Crippen molar-refractivity contribution in [1.29, 1.82) is 0 Å². The number of carbonyl (C=O) groups excluding carboxylic acids is 1. The molecule has 0 radical (unpaired) electrons. The third-order valence-corrected chi connectivity index (χ3v) is 5.38. The average Bonchev–Trinajstić information content (AvgIpc) is 2.90. The van der Waals surface area contributed by atoms with Crippen LogP contribution in [0.15, 0.2) is 12.3 Å². The second kappa shape index (κ2) is 5.26. The molecule has 0 saturated heterocycles. The minimum absolute atomic E-state index is 0.138. The fourth-order valence-corrected chi connectivity index (χ4v) is 3.87. The van der Waals surface area contributed by atoms with E-state index in [1.807, 2.05) is 19.9 Å². The molecule has 2 aromatic heterocycles. The van der Waals surface area contributed by atoms with Crippen LogP contribution in [0.25, 0.3) is 5.78 Å². The number of fused-ring (bicyclic) bond motifs is 1. The maximum Gasteiger partial charge on any atom is 0.291 e. The third kappa shape index (κ3) is 2.14. The van der Waals surface area contributed by atoms with Crippen molar-refractivity contribution in [1.82, 2.24) is 24.9 Å². The van der Waals surface area contributed by atoms with E-state index in [4.69, 9.17) is 4.74 Å². The highest BCUT2D eigenvalue weighted by molar-refractivity contribution is 5.91. The summed E-state index contributed by atoms with van der Waals surface area (Å²) < 4.78 is 7.42. The van der Waals surface area contributed by atoms with Crippen molar-refractivity contribution in [2.75, 3.05) is 6.61 Å². The lowest BCUT2D eigenvalue weighted by molar-refractivity contribution is -0.169. The second-order valence-electron chi connectivity index (χ2n) is 6.53. The first-order chi connectivity index (χ1) is 11.1. The molecule has 2 aliphatic rings.